The van der Waals surface area contributed by atoms with Crippen LogP contribution in [0.5, 0.6) is 0 Å². The largest absolute Gasteiger partial charge is 0.444 e. The number of nitrogens with zero attached hydrogens (tertiary/aromatic N) is 1. The lowest BCUT2D eigenvalue weighted by Crippen LogP contribution is -2.32. The molecule has 1 aromatic rings. The minimum absolute atomic E-state index is 0.352. The van der Waals surface area contributed by atoms with Crippen LogP contribution in [0.1, 0.15) is 26.5 Å². The molecule has 1 amide bonds. The summed E-state index contributed by atoms with van der Waals surface area (Å²) >= 11 is 0. The number of ether oxygens (including phenoxy) is 1. The monoisotopic (exact) mass is 237 g/mol. The Morgan fingerprint density at radius 1 is 1.47 bits per heavy atom. The highest BCUT2D eigenvalue weighted by molar-refractivity contribution is 5.67. The van der Waals surface area contributed by atoms with Gasteiger partial charge in [0.05, 0.1) is 12.2 Å². The van der Waals surface area contributed by atoms with Crippen molar-refractivity contribution in [1.29, 1.82) is 0 Å². The zero-order valence-electron chi connectivity index (χ0n) is 10.7. The Bertz CT molecular complexity index is 386. The van der Waals surface area contributed by atoms with E-state index in [1.54, 1.807) is 6.20 Å². The summed E-state index contributed by atoms with van der Waals surface area (Å²) in [5, 5.41) is 5.66. The highest BCUT2D eigenvalue weighted by Gasteiger charge is 2.15. The van der Waals surface area contributed by atoms with Crippen LogP contribution in [0.3, 0.4) is 0 Å². The Hall–Kier alpha value is -1.78. The standard InChI is InChI=1S/C12H19N3O2/c1-12(2,3)17-11(16)15-8-10-7-9(13-4)5-6-14-10/h5-7H,8H2,1-4H3,(H,13,14)(H,15,16). The van der Waals surface area contributed by atoms with Crippen molar-refractivity contribution in [2.45, 2.75) is 32.9 Å². The third-order valence-electron chi connectivity index (χ3n) is 1.92. The molecule has 0 saturated carbocycles. The highest BCUT2D eigenvalue weighted by atomic mass is 16.6. The molecule has 1 aromatic heterocycles. The molecule has 0 radical (unpaired) electrons. The zero-order valence-corrected chi connectivity index (χ0v) is 10.7. The predicted octanol–water partition coefficient (Wildman–Crippen LogP) is 2.15. The fourth-order valence-corrected chi connectivity index (χ4v) is 1.21. The third kappa shape index (κ3) is 5.19. The lowest BCUT2D eigenvalue weighted by atomic mass is 10.2. The van der Waals surface area contributed by atoms with Gasteiger partial charge in [-0.15, -0.1) is 0 Å². The second-order valence-corrected chi connectivity index (χ2v) is 4.64. The average Bonchev–Trinajstić information content (AvgIpc) is 2.24. The number of alkyl carbamates (subject to hydrolysis) is 1. The van der Waals surface area contributed by atoms with Crippen molar-refractivity contribution < 1.29 is 9.53 Å². The van der Waals surface area contributed by atoms with Crippen LogP contribution in [-0.2, 0) is 11.3 Å². The number of pyridine rings is 1. The molecule has 5 heteroatoms. The van der Waals surface area contributed by atoms with Crippen molar-refractivity contribution in [1.82, 2.24) is 10.3 Å². The van der Waals surface area contributed by atoms with E-state index in [1.165, 1.54) is 0 Å². The van der Waals surface area contributed by atoms with Gasteiger partial charge >= 0.3 is 6.09 Å². The van der Waals surface area contributed by atoms with Crippen molar-refractivity contribution in [3.63, 3.8) is 0 Å². The molecule has 1 rings (SSSR count). The summed E-state index contributed by atoms with van der Waals surface area (Å²) in [7, 11) is 1.83. The number of rotatable bonds is 3. The van der Waals surface area contributed by atoms with Crippen molar-refractivity contribution in [2.24, 2.45) is 0 Å². The van der Waals surface area contributed by atoms with E-state index in [1.807, 2.05) is 40.0 Å². The Kier molecular flexibility index (Phi) is 4.31. The number of nitrogens with one attached hydrogen (secondary N) is 2. The van der Waals surface area contributed by atoms with Gasteiger partial charge in [-0.05, 0) is 32.9 Å². The summed E-state index contributed by atoms with van der Waals surface area (Å²) < 4.78 is 5.12. The van der Waals surface area contributed by atoms with Gasteiger partial charge in [0.15, 0.2) is 0 Å². The summed E-state index contributed by atoms with van der Waals surface area (Å²) in [4.78, 5) is 15.6. The molecule has 0 fully saturated rings. The van der Waals surface area contributed by atoms with Crippen LogP contribution in [0.4, 0.5) is 10.5 Å². The molecule has 0 aliphatic rings. The Balaban J connectivity index is 2.47. The maximum atomic E-state index is 11.4. The van der Waals surface area contributed by atoms with Crippen LogP contribution >= 0.6 is 0 Å². The number of hydrogen-bond donors (Lipinski definition) is 2. The molecule has 0 spiro atoms. The maximum absolute atomic E-state index is 11.4. The normalized spacial score (nSPS) is 10.8. The quantitative estimate of drug-likeness (QED) is 0.845. The lowest BCUT2D eigenvalue weighted by molar-refractivity contribution is 0.0523. The van der Waals surface area contributed by atoms with E-state index in [2.05, 4.69) is 15.6 Å². The summed E-state index contributed by atoms with van der Waals surface area (Å²) in [5.74, 6) is 0. The van der Waals surface area contributed by atoms with Gasteiger partial charge in [0.25, 0.3) is 0 Å². The fourth-order valence-electron chi connectivity index (χ4n) is 1.21. The summed E-state index contributed by atoms with van der Waals surface area (Å²) in [6, 6.07) is 3.73. The van der Waals surface area contributed by atoms with E-state index >= 15 is 0 Å². The Labute approximate surface area is 102 Å². The van der Waals surface area contributed by atoms with Crippen LogP contribution in [0.2, 0.25) is 0 Å². The molecule has 0 aliphatic heterocycles. The number of carbonyl (C=O) groups excluding carboxylic acids is 1. The second-order valence-electron chi connectivity index (χ2n) is 4.64. The number of aromatic nitrogens is 1. The van der Waals surface area contributed by atoms with Crippen molar-refractivity contribution >= 4 is 11.8 Å². The average molecular weight is 237 g/mol. The van der Waals surface area contributed by atoms with Crippen molar-refractivity contribution in [2.75, 3.05) is 12.4 Å². The van der Waals surface area contributed by atoms with Gasteiger partial charge in [-0.25, -0.2) is 4.79 Å². The Morgan fingerprint density at radius 3 is 2.76 bits per heavy atom. The van der Waals surface area contributed by atoms with Gasteiger partial charge in [-0.2, -0.15) is 0 Å². The third-order valence-corrected chi connectivity index (χ3v) is 1.92. The van der Waals surface area contributed by atoms with Gasteiger partial charge in [0, 0.05) is 18.9 Å². The highest BCUT2D eigenvalue weighted by Crippen LogP contribution is 2.08. The SMILES string of the molecule is CNc1ccnc(CNC(=O)OC(C)(C)C)c1. The molecular formula is C12H19N3O2. The number of anilines is 1. The van der Waals surface area contributed by atoms with E-state index in [0.717, 1.165) is 11.4 Å². The van der Waals surface area contributed by atoms with E-state index in [4.69, 9.17) is 4.74 Å². The number of carbonyl (C=O) groups is 1. The van der Waals surface area contributed by atoms with Crippen LogP contribution < -0.4 is 10.6 Å². The van der Waals surface area contributed by atoms with Crippen LogP contribution in [0.15, 0.2) is 18.3 Å². The second kappa shape index (κ2) is 5.52. The van der Waals surface area contributed by atoms with Crippen LogP contribution in [-0.4, -0.2) is 23.7 Å². The van der Waals surface area contributed by atoms with Crippen LogP contribution in [0.25, 0.3) is 0 Å². The summed E-state index contributed by atoms with van der Waals surface area (Å²) in [6.07, 6.45) is 1.26. The predicted molar refractivity (Wildman–Crippen MR) is 66.9 cm³/mol. The molecule has 0 unspecified atom stereocenters. The fraction of sp³-hybridized carbons (Fsp3) is 0.500. The molecule has 5 nitrogen and oxygen atoms in total. The molecule has 2 N–H and O–H groups in total. The molecule has 0 saturated heterocycles. The first-order valence-corrected chi connectivity index (χ1v) is 5.50. The van der Waals surface area contributed by atoms with E-state index in [-0.39, 0.29) is 0 Å². The molecule has 0 bridgehead atoms. The number of amides is 1. The topological polar surface area (TPSA) is 63.2 Å². The Morgan fingerprint density at radius 2 is 2.18 bits per heavy atom. The smallest absolute Gasteiger partial charge is 0.407 e. The van der Waals surface area contributed by atoms with Gasteiger partial charge in [0.1, 0.15) is 5.60 Å². The minimum Gasteiger partial charge on any atom is -0.444 e. The summed E-state index contributed by atoms with van der Waals surface area (Å²) in [5.41, 5.74) is 1.26. The van der Waals surface area contributed by atoms with Crippen LogP contribution in [0, 0.1) is 0 Å². The first-order valence-electron chi connectivity index (χ1n) is 5.50. The molecule has 0 aromatic carbocycles. The van der Waals surface area contributed by atoms with E-state index in [0.29, 0.717) is 6.54 Å². The molecule has 1 heterocycles. The lowest BCUT2D eigenvalue weighted by Gasteiger charge is -2.19. The van der Waals surface area contributed by atoms with Gasteiger partial charge in [-0.3, -0.25) is 4.98 Å². The first-order chi connectivity index (χ1) is 7.90. The molecule has 0 atom stereocenters. The molecule has 94 valence electrons. The summed E-state index contributed by atoms with van der Waals surface area (Å²) in [6.45, 7) is 5.83. The number of hydrogen-bond acceptors (Lipinski definition) is 4. The van der Waals surface area contributed by atoms with E-state index < -0.39 is 11.7 Å². The molecular weight excluding hydrogens is 218 g/mol. The maximum Gasteiger partial charge on any atom is 0.407 e. The molecule has 0 aliphatic carbocycles. The van der Waals surface area contributed by atoms with Gasteiger partial charge < -0.3 is 15.4 Å². The molecule has 17 heavy (non-hydrogen) atoms. The van der Waals surface area contributed by atoms with E-state index in [9.17, 15) is 4.79 Å². The van der Waals surface area contributed by atoms with Gasteiger partial charge in [0.2, 0.25) is 0 Å². The first kappa shape index (κ1) is 13.3. The minimum atomic E-state index is -0.482. The van der Waals surface area contributed by atoms with Gasteiger partial charge in [-0.1, -0.05) is 0 Å². The van der Waals surface area contributed by atoms with Crippen molar-refractivity contribution in [3.8, 4) is 0 Å². The zero-order chi connectivity index (χ0) is 12.9. The van der Waals surface area contributed by atoms with Crippen molar-refractivity contribution in [3.05, 3.63) is 24.0 Å².